The number of carboxylic acid groups (broad SMARTS) is 1. The summed E-state index contributed by atoms with van der Waals surface area (Å²) < 4.78 is 0. The molecule has 0 heterocycles. The van der Waals surface area contributed by atoms with E-state index in [4.69, 9.17) is 5.11 Å². The van der Waals surface area contributed by atoms with Gasteiger partial charge in [-0.2, -0.15) is 0 Å². The number of carbonyl (C=O) groups excluding carboxylic acids is 1. The minimum Gasteiger partial charge on any atom is -0.547 e. The lowest BCUT2D eigenvalue weighted by Gasteiger charge is -2.10. The molecule has 0 spiro atoms. The lowest BCUT2D eigenvalue weighted by molar-refractivity contribution is -0.315. The van der Waals surface area contributed by atoms with E-state index in [1.54, 1.807) is 0 Å². The summed E-state index contributed by atoms with van der Waals surface area (Å²) in [6.45, 7) is 0. The highest BCUT2D eigenvalue weighted by molar-refractivity contribution is 5.69. The molecule has 0 aliphatic heterocycles. The number of hydrogen-bond donors (Lipinski definition) is 1. The van der Waals surface area contributed by atoms with Gasteiger partial charge < -0.3 is 15.0 Å². The average molecular weight is 179 g/mol. The van der Waals surface area contributed by atoms with E-state index in [0.717, 1.165) is 5.56 Å². The first-order valence-corrected chi connectivity index (χ1v) is 4.13. The van der Waals surface area contributed by atoms with Gasteiger partial charge in [0.15, 0.2) is 0 Å². The summed E-state index contributed by atoms with van der Waals surface area (Å²) in [6.07, 6.45) is -0.609. The van der Waals surface area contributed by atoms with Crippen LogP contribution in [0.4, 0.5) is 0 Å². The molecule has 0 amide bonds. The Bertz CT molecular complexity index is 269. The number of hydrogen-bond acceptors (Lipinski definition) is 3. The third-order valence-corrected chi connectivity index (χ3v) is 1.82. The largest absolute Gasteiger partial charge is 0.547 e. The van der Waals surface area contributed by atoms with Crippen LogP contribution in [0.3, 0.4) is 0 Å². The first kappa shape index (κ1) is 9.74. The lowest BCUT2D eigenvalue weighted by Crippen LogP contribution is -2.35. The summed E-state index contributed by atoms with van der Waals surface area (Å²) in [5.74, 6) is -1.41. The van der Waals surface area contributed by atoms with E-state index in [1.165, 1.54) is 0 Å². The molecule has 1 atom stereocenters. The van der Waals surface area contributed by atoms with E-state index in [2.05, 4.69) is 0 Å². The lowest BCUT2D eigenvalue weighted by atomic mass is 10.1. The third-order valence-electron chi connectivity index (χ3n) is 1.82. The minimum atomic E-state index is -1.41. The average Bonchev–Trinajstić information content (AvgIpc) is 2.15. The summed E-state index contributed by atoms with van der Waals surface area (Å²) in [4.78, 5) is 10.2. The van der Waals surface area contributed by atoms with Crippen LogP contribution in [-0.4, -0.2) is 17.2 Å². The number of aliphatic hydroxyl groups excluding tert-OH is 1. The van der Waals surface area contributed by atoms with E-state index < -0.39 is 12.1 Å². The summed E-state index contributed by atoms with van der Waals surface area (Å²) in [6, 6.07) is 9.42. The molecular formula is C10H11O3-. The zero-order chi connectivity index (χ0) is 9.68. The number of carbonyl (C=O) groups is 1. The molecular weight excluding hydrogens is 168 g/mol. The Morgan fingerprint density at radius 3 is 2.54 bits per heavy atom. The first-order chi connectivity index (χ1) is 6.20. The highest BCUT2D eigenvalue weighted by atomic mass is 16.4. The van der Waals surface area contributed by atoms with Gasteiger partial charge in [-0.1, -0.05) is 30.3 Å². The third kappa shape index (κ3) is 3.25. The van der Waals surface area contributed by atoms with Crippen LogP contribution >= 0.6 is 0 Å². The van der Waals surface area contributed by atoms with Crippen LogP contribution in [-0.2, 0) is 11.2 Å². The molecule has 0 bridgehead atoms. The summed E-state index contributed by atoms with van der Waals surface area (Å²) in [7, 11) is 0. The maximum atomic E-state index is 10.2. The summed E-state index contributed by atoms with van der Waals surface area (Å²) in [5, 5.41) is 19.1. The molecule has 0 saturated carbocycles. The van der Waals surface area contributed by atoms with E-state index in [-0.39, 0.29) is 6.42 Å². The molecule has 3 heteroatoms. The van der Waals surface area contributed by atoms with Crippen molar-refractivity contribution < 1.29 is 15.0 Å². The van der Waals surface area contributed by atoms with Gasteiger partial charge in [0, 0.05) is 0 Å². The predicted molar refractivity (Wildman–Crippen MR) is 45.8 cm³/mol. The van der Waals surface area contributed by atoms with Crippen LogP contribution in [0.15, 0.2) is 30.3 Å². The molecule has 3 nitrogen and oxygen atoms in total. The van der Waals surface area contributed by atoms with Crippen LogP contribution in [0.2, 0.25) is 0 Å². The van der Waals surface area contributed by atoms with E-state index >= 15 is 0 Å². The molecule has 70 valence electrons. The fraction of sp³-hybridized carbons (Fsp3) is 0.300. The standard InChI is InChI=1S/C10H12O3/c11-9(10(12)13)7-6-8-4-2-1-3-5-8/h1-5,9,11H,6-7H2,(H,12,13)/p-1. The molecule has 1 unspecified atom stereocenters. The molecule has 1 aromatic carbocycles. The molecule has 1 rings (SSSR count). The van der Waals surface area contributed by atoms with Crippen LogP contribution in [0.1, 0.15) is 12.0 Å². The van der Waals surface area contributed by atoms with Gasteiger partial charge in [-0.15, -0.1) is 0 Å². The second-order valence-electron chi connectivity index (χ2n) is 2.86. The van der Waals surface area contributed by atoms with E-state index in [0.29, 0.717) is 6.42 Å². The smallest absolute Gasteiger partial charge is 0.0936 e. The van der Waals surface area contributed by atoms with Gasteiger partial charge in [-0.25, -0.2) is 0 Å². The topological polar surface area (TPSA) is 60.4 Å². The SMILES string of the molecule is O=C([O-])C(O)CCc1ccccc1. The predicted octanol–water partition coefficient (Wildman–Crippen LogP) is -0.270. The number of aliphatic carboxylic acids is 1. The van der Waals surface area contributed by atoms with Crippen molar-refractivity contribution >= 4 is 5.97 Å². The Kier molecular flexibility index (Phi) is 3.46. The second kappa shape index (κ2) is 4.62. The fourth-order valence-corrected chi connectivity index (χ4v) is 1.07. The monoisotopic (exact) mass is 179 g/mol. The molecule has 0 aliphatic carbocycles. The van der Waals surface area contributed by atoms with Crippen LogP contribution in [0.25, 0.3) is 0 Å². The Morgan fingerprint density at radius 1 is 1.38 bits per heavy atom. The molecule has 1 aromatic rings. The highest BCUT2D eigenvalue weighted by Gasteiger charge is 2.04. The van der Waals surface area contributed by atoms with Gasteiger partial charge in [0.25, 0.3) is 0 Å². The molecule has 0 aromatic heterocycles. The number of carboxylic acids is 1. The first-order valence-electron chi connectivity index (χ1n) is 4.13. The number of aryl methyl sites for hydroxylation is 1. The normalized spacial score (nSPS) is 12.4. The van der Waals surface area contributed by atoms with Crippen molar-refractivity contribution in [1.29, 1.82) is 0 Å². The zero-order valence-corrected chi connectivity index (χ0v) is 7.14. The Balaban J connectivity index is 2.39. The zero-order valence-electron chi connectivity index (χ0n) is 7.14. The molecule has 0 radical (unpaired) electrons. The molecule has 0 aliphatic rings. The fourth-order valence-electron chi connectivity index (χ4n) is 1.07. The summed E-state index contributed by atoms with van der Waals surface area (Å²) >= 11 is 0. The van der Waals surface area contributed by atoms with Crippen molar-refractivity contribution in [2.75, 3.05) is 0 Å². The van der Waals surface area contributed by atoms with Crippen molar-refractivity contribution in [3.05, 3.63) is 35.9 Å². The van der Waals surface area contributed by atoms with E-state index in [9.17, 15) is 9.90 Å². The van der Waals surface area contributed by atoms with Gasteiger partial charge in [-0.3, -0.25) is 0 Å². The summed E-state index contributed by atoms with van der Waals surface area (Å²) in [5.41, 5.74) is 1.02. The van der Waals surface area contributed by atoms with Crippen molar-refractivity contribution in [2.45, 2.75) is 18.9 Å². The minimum absolute atomic E-state index is 0.201. The number of aliphatic hydroxyl groups is 1. The Hall–Kier alpha value is -1.35. The molecule has 13 heavy (non-hydrogen) atoms. The van der Waals surface area contributed by atoms with Crippen LogP contribution in [0.5, 0.6) is 0 Å². The van der Waals surface area contributed by atoms with Crippen molar-refractivity contribution in [2.24, 2.45) is 0 Å². The van der Waals surface area contributed by atoms with Crippen molar-refractivity contribution in [3.63, 3.8) is 0 Å². The highest BCUT2D eigenvalue weighted by Crippen LogP contribution is 2.04. The number of benzene rings is 1. The Labute approximate surface area is 76.6 Å². The van der Waals surface area contributed by atoms with Crippen molar-refractivity contribution in [3.8, 4) is 0 Å². The second-order valence-corrected chi connectivity index (χ2v) is 2.86. The number of rotatable bonds is 4. The maximum Gasteiger partial charge on any atom is 0.0936 e. The van der Waals surface area contributed by atoms with Gasteiger partial charge in [0.2, 0.25) is 0 Å². The maximum absolute atomic E-state index is 10.2. The Morgan fingerprint density at radius 2 is 2.00 bits per heavy atom. The quantitative estimate of drug-likeness (QED) is 0.692. The van der Waals surface area contributed by atoms with Crippen molar-refractivity contribution in [1.82, 2.24) is 0 Å². The molecule has 1 N–H and O–H groups in total. The van der Waals surface area contributed by atoms with Gasteiger partial charge in [0.05, 0.1) is 12.1 Å². The van der Waals surface area contributed by atoms with Gasteiger partial charge >= 0.3 is 0 Å². The van der Waals surface area contributed by atoms with Crippen LogP contribution in [0, 0.1) is 0 Å². The van der Waals surface area contributed by atoms with E-state index in [1.807, 2.05) is 30.3 Å². The van der Waals surface area contributed by atoms with Gasteiger partial charge in [-0.05, 0) is 18.4 Å². The van der Waals surface area contributed by atoms with Crippen LogP contribution < -0.4 is 5.11 Å². The molecule has 0 fully saturated rings. The van der Waals surface area contributed by atoms with Gasteiger partial charge in [0.1, 0.15) is 0 Å². The molecule has 0 saturated heterocycles.